The zero-order chi connectivity index (χ0) is 14.8. The number of hydrogen-bond donors (Lipinski definition) is 0. The van der Waals surface area contributed by atoms with E-state index in [1.54, 1.807) is 18.3 Å². The summed E-state index contributed by atoms with van der Waals surface area (Å²) in [7, 11) is 0. The van der Waals surface area contributed by atoms with Gasteiger partial charge in [-0.1, -0.05) is 22.6 Å². The topological polar surface area (TPSA) is 77.7 Å². The molecule has 0 fully saturated rings. The molecule has 1 aromatic carbocycles. The zero-order valence-corrected chi connectivity index (χ0v) is 12.3. The van der Waals surface area contributed by atoms with Crippen LogP contribution < -0.4 is 0 Å². The summed E-state index contributed by atoms with van der Waals surface area (Å²) >= 11 is -1.38. The fourth-order valence-corrected chi connectivity index (χ4v) is 2.13. The molecule has 5 nitrogen and oxygen atoms in total. The quantitative estimate of drug-likeness (QED) is 0.492. The molecule has 0 amide bonds. The van der Waals surface area contributed by atoms with Crippen molar-refractivity contribution in [3.8, 4) is 0 Å². The van der Waals surface area contributed by atoms with Crippen molar-refractivity contribution >= 4 is 34.2 Å². The lowest BCUT2D eigenvalue weighted by molar-refractivity contribution is 0.562. The third-order valence-electron chi connectivity index (χ3n) is 2.68. The van der Waals surface area contributed by atoms with E-state index in [9.17, 15) is 9.46 Å². The molecule has 2 rings (SSSR count). The van der Waals surface area contributed by atoms with Crippen molar-refractivity contribution in [1.29, 1.82) is 0 Å². The largest absolute Gasteiger partial charge is 0.591 e. The van der Waals surface area contributed by atoms with Crippen LogP contribution in [0.15, 0.2) is 40.0 Å². The lowest BCUT2D eigenvalue weighted by Crippen LogP contribution is -2.25. The Morgan fingerprint density at radius 2 is 2.05 bits per heavy atom. The molecule has 104 valence electrons. The monoisotopic (exact) mass is 289 g/mol. The Labute approximate surface area is 120 Å². The summed E-state index contributed by atoms with van der Waals surface area (Å²) < 4.78 is 15.4. The average molecular weight is 289 g/mol. The first-order valence-corrected chi connectivity index (χ1v) is 7.21. The summed E-state index contributed by atoms with van der Waals surface area (Å²) in [6.07, 6.45) is 3.03. The third kappa shape index (κ3) is 3.02. The van der Waals surface area contributed by atoms with Crippen molar-refractivity contribution in [3.05, 3.63) is 40.9 Å². The van der Waals surface area contributed by atoms with E-state index in [-0.39, 0.29) is 5.69 Å². The van der Waals surface area contributed by atoms with Crippen LogP contribution in [0.3, 0.4) is 0 Å². The molecule has 1 unspecified atom stereocenters. The number of pyridine rings is 1. The van der Waals surface area contributed by atoms with Crippen molar-refractivity contribution in [3.63, 3.8) is 0 Å². The van der Waals surface area contributed by atoms with Gasteiger partial charge in [0.25, 0.3) is 0 Å². The van der Waals surface area contributed by atoms with E-state index in [1.165, 1.54) is 6.21 Å². The van der Waals surface area contributed by atoms with Gasteiger partial charge in [0.2, 0.25) is 0 Å². The predicted molar refractivity (Wildman–Crippen MR) is 82.7 cm³/mol. The summed E-state index contributed by atoms with van der Waals surface area (Å²) in [5, 5.41) is 3.87. The van der Waals surface area contributed by atoms with E-state index < -0.39 is 16.1 Å². The molecular formula is C14H15N3O2S. The highest BCUT2D eigenvalue weighted by Crippen LogP contribution is 2.27. The number of rotatable bonds is 3. The van der Waals surface area contributed by atoms with Gasteiger partial charge in [-0.2, -0.15) is 0 Å². The standard InChI is InChI=1S/C14H15N3O2S/c1-14(2,3)20(19)16-9-11-7-6-10-5-4-8-15-12(10)13(11)17-18/h4-9H,1-3H3/b16-9+. The molecule has 0 aliphatic carbocycles. The number of nitroso groups, excluding NO2 is 1. The lowest BCUT2D eigenvalue weighted by atomic mass is 10.1. The van der Waals surface area contributed by atoms with Crippen LogP contribution in [0.4, 0.5) is 5.69 Å². The highest BCUT2D eigenvalue weighted by molar-refractivity contribution is 7.91. The first-order valence-electron chi connectivity index (χ1n) is 6.10. The van der Waals surface area contributed by atoms with E-state index in [2.05, 4.69) is 14.6 Å². The van der Waals surface area contributed by atoms with Gasteiger partial charge < -0.3 is 4.55 Å². The summed E-state index contributed by atoms with van der Waals surface area (Å²) in [5.74, 6) is 0. The minimum absolute atomic E-state index is 0.220. The van der Waals surface area contributed by atoms with E-state index in [1.807, 2.05) is 32.9 Å². The maximum absolute atomic E-state index is 11.9. The van der Waals surface area contributed by atoms with Gasteiger partial charge in [-0.3, -0.25) is 4.98 Å². The number of fused-ring (bicyclic) bond motifs is 1. The Morgan fingerprint density at radius 1 is 1.30 bits per heavy atom. The summed E-state index contributed by atoms with van der Waals surface area (Å²) in [6, 6.07) is 7.20. The Morgan fingerprint density at radius 3 is 2.70 bits per heavy atom. The van der Waals surface area contributed by atoms with E-state index in [4.69, 9.17) is 0 Å². The minimum Gasteiger partial charge on any atom is -0.591 e. The van der Waals surface area contributed by atoms with Gasteiger partial charge >= 0.3 is 0 Å². The van der Waals surface area contributed by atoms with Crippen LogP contribution in [0.2, 0.25) is 0 Å². The molecule has 0 aliphatic heterocycles. The van der Waals surface area contributed by atoms with E-state index in [0.717, 1.165) is 5.39 Å². The first kappa shape index (κ1) is 14.6. The van der Waals surface area contributed by atoms with Crippen LogP contribution in [0.1, 0.15) is 26.3 Å². The van der Waals surface area contributed by atoms with Gasteiger partial charge in [-0.25, -0.2) is 0 Å². The van der Waals surface area contributed by atoms with Crippen LogP contribution in [-0.2, 0) is 11.4 Å². The molecule has 1 atom stereocenters. The Balaban J connectivity index is 2.45. The minimum atomic E-state index is -1.38. The Hall–Kier alpha value is -1.79. The zero-order valence-electron chi connectivity index (χ0n) is 11.5. The SMILES string of the molecule is CC(C)(C)[S+]([O-])/N=C/c1ccc2cccnc2c1N=O. The number of benzene rings is 1. The van der Waals surface area contributed by atoms with Crippen LogP contribution in [0.25, 0.3) is 10.9 Å². The smallest absolute Gasteiger partial charge is 0.144 e. The van der Waals surface area contributed by atoms with Crippen LogP contribution in [0, 0.1) is 4.91 Å². The van der Waals surface area contributed by atoms with Gasteiger partial charge in [0.1, 0.15) is 27.3 Å². The maximum atomic E-state index is 11.9. The van der Waals surface area contributed by atoms with Gasteiger partial charge in [-0.15, -0.1) is 4.91 Å². The molecular weight excluding hydrogens is 274 g/mol. The molecule has 0 bridgehead atoms. The molecule has 20 heavy (non-hydrogen) atoms. The van der Waals surface area contributed by atoms with Crippen molar-refractivity contribution in [2.45, 2.75) is 25.5 Å². The fourth-order valence-electron chi connectivity index (χ4n) is 1.61. The molecule has 0 spiro atoms. The molecule has 0 N–H and O–H groups in total. The van der Waals surface area contributed by atoms with Gasteiger partial charge in [-0.05, 0) is 32.0 Å². The van der Waals surface area contributed by atoms with Crippen LogP contribution in [0.5, 0.6) is 0 Å². The average Bonchev–Trinajstić information content (AvgIpc) is 2.42. The lowest BCUT2D eigenvalue weighted by Gasteiger charge is -2.17. The molecule has 1 aromatic heterocycles. The molecule has 0 aliphatic rings. The Kier molecular flexibility index (Phi) is 4.15. The number of hydrogen-bond acceptors (Lipinski definition) is 5. The first-order chi connectivity index (χ1) is 9.43. The van der Waals surface area contributed by atoms with E-state index >= 15 is 0 Å². The molecule has 0 saturated heterocycles. The number of nitrogens with zero attached hydrogens (tertiary/aromatic N) is 3. The van der Waals surface area contributed by atoms with Crippen molar-refractivity contribution in [1.82, 2.24) is 4.98 Å². The molecule has 0 radical (unpaired) electrons. The molecule has 0 saturated carbocycles. The molecule has 1 heterocycles. The highest BCUT2D eigenvalue weighted by atomic mass is 32.2. The predicted octanol–water partition coefficient (Wildman–Crippen LogP) is 3.51. The second kappa shape index (κ2) is 5.68. The maximum Gasteiger partial charge on any atom is 0.144 e. The van der Waals surface area contributed by atoms with Crippen molar-refractivity contribution in [2.24, 2.45) is 9.57 Å². The van der Waals surface area contributed by atoms with Crippen molar-refractivity contribution in [2.75, 3.05) is 0 Å². The third-order valence-corrected chi connectivity index (χ3v) is 4.03. The summed E-state index contributed by atoms with van der Waals surface area (Å²) in [4.78, 5) is 15.2. The van der Waals surface area contributed by atoms with Crippen molar-refractivity contribution < 1.29 is 4.55 Å². The normalized spacial score (nSPS) is 13.8. The molecule has 6 heteroatoms. The Bertz CT molecular complexity index is 665. The summed E-state index contributed by atoms with van der Waals surface area (Å²) in [5.41, 5.74) is 1.26. The fraction of sp³-hybridized carbons (Fsp3) is 0.286. The second-order valence-electron chi connectivity index (χ2n) is 5.27. The van der Waals surface area contributed by atoms with Gasteiger partial charge in [0.15, 0.2) is 0 Å². The molecule has 2 aromatic rings. The number of aromatic nitrogens is 1. The van der Waals surface area contributed by atoms with Crippen LogP contribution in [-0.4, -0.2) is 20.5 Å². The summed E-state index contributed by atoms with van der Waals surface area (Å²) in [6.45, 7) is 5.50. The van der Waals surface area contributed by atoms with Gasteiger partial charge in [0.05, 0.1) is 6.21 Å². The van der Waals surface area contributed by atoms with Gasteiger partial charge in [0, 0.05) is 17.1 Å². The van der Waals surface area contributed by atoms with Crippen LogP contribution >= 0.6 is 0 Å². The van der Waals surface area contributed by atoms with E-state index in [0.29, 0.717) is 11.1 Å². The second-order valence-corrected chi connectivity index (χ2v) is 7.20. The highest BCUT2D eigenvalue weighted by Gasteiger charge is 2.26.